The maximum Gasteiger partial charge on any atom is 0.333 e. The van der Waals surface area contributed by atoms with E-state index in [1.807, 2.05) is 26.0 Å². The highest BCUT2D eigenvalue weighted by atomic mass is 16.5. The van der Waals surface area contributed by atoms with Crippen LogP contribution in [0.1, 0.15) is 20.8 Å². The first kappa shape index (κ1) is 15.0. The number of esters is 1. The molecule has 0 fully saturated rings. The molecule has 0 aliphatic rings. The predicted octanol–water partition coefficient (Wildman–Crippen LogP) is 2.40. The number of hydrogen-bond acceptors (Lipinski definition) is 5. The molecule has 104 valence electrons. The number of rotatable bonds is 6. The summed E-state index contributed by atoms with van der Waals surface area (Å²) in [4.78, 5) is 15.4. The van der Waals surface area contributed by atoms with Crippen LogP contribution in [0, 0.1) is 0 Å². The Kier molecular flexibility index (Phi) is 5.85. The van der Waals surface area contributed by atoms with Crippen LogP contribution in [-0.2, 0) is 9.53 Å². The van der Waals surface area contributed by atoms with Crippen LogP contribution in [0.4, 0.5) is 5.69 Å². The molecule has 0 aliphatic carbocycles. The van der Waals surface area contributed by atoms with Gasteiger partial charge >= 0.3 is 5.97 Å². The average molecular weight is 264 g/mol. The minimum Gasteiger partial charge on any atom is -0.473 e. The Bertz CT molecular complexity index is 456. The zero-order chi connectivity index (χ0) is 14.3. The number of ether oxygens (including phenoxy) is 2. The molecule has 0 amide bonds. The molecule has 0 unspecified atom stereocenters. The van der Waals surface area contributed by atoms with Gasteiger partial charge in [0.2, 0.25) is 5.88 Å². The van der Waals surface area contributed by atoms with Gasteiger partial charge in [-0.2, -0.15) is 0 Å². The maximum atomic E-state index is 11.2. The first-order valence-corrected chi connectivity index (χ1v) is 6.15. The lowest BCUT2D eigenvalue weighted by Crippen LogP contribution is -2.10. The van der Waals surface area contributed by atoms with Crippen LogP contribution >= 0.6 is 0 Å². The zero-order valence-corrected chi connectivity index (χ0v) is 11.8. The van der Waals surface area contributed by atoms with E-state index in [2.05, 4.69) is 15.0 Å². The quantitative estimate of drug-likeness (QED) is 0.631. The Labute approximate surface area is 113 Å². The number of aromatic nitrogens is 1. The number of pyridine rings is 1. The molecule has 1 N–H and O–H groups in total. The monoisotopic (exact) mass is 264 g/mol. The Morgan fingerprint density at radius 3 is 2.89 bits per heavy atom. The Balaban J connectivity index is 2.65. The van der Waals surface area contributed by atoms with Crippen LogP contribution in [0.15, 0.2) is 30.0 Å². The smallest absolute Gasteiger partial charge is 0.333 e. The number of nitrogens with zero attached hydrogens (tertiary/aromatic N) is 1. The average Bonchev–Trinajstić information content (AvgIpc) is 2.39. The largest absolute Gasteiger partial charge is 0.473 e. The lowest BCUT2D eigenvalue weighted by atomic mass is 10.3. The van der Waals surface area contributed by atoms with Crippen LogP contribution < -0.4 is 10.1 Å². The standard InChI is InChI=1S/C14H20N2O3/c1-10(2)19-13-12(6-5-8-16-13)15-9-7-11(3)14(17)18-4/h5-8,10,15H,9H2,1-4H3/b11-7+. The number of methoxy groups -OCH3 is 1. The molecule has 0 atom stereocenters. The molecule has 1 rings (SSSR count). The van der Waals surface area contributed by atoms with E-state index in [0.717, 1.165) is 5.69 Å². The van der Waals surface area contributed by atoms with Crippen molar-refractivity contribution in [2.45, 2.75) is 26.9 Å². The highest BCUT2D eigenvalue weighted by Crippen LogP contribution is 2.21. The summed E-state index contributed by atoms with van der Waals surface area (Å²) in [6.45, 7) is 6.10. The second-order valence-corrected chi connectivity index (χ2v) is 4.28. The number of nitrogens with one attached hydrogen (secondary N) is 1. The van der Waals surface area contributed by atoms with Crippen molar-refractivity contribution in [3.8, 4) is 5.88 Å². The van der Waals surface area contributed by atoms with Crippen molar-refractivity contribution in [2.24, 2.45) is 0 Å². The maximum absolute atomic E-state index is 11.2. The molecule has 0 aromatic carbocycles. The van der Waals surface area contributed by atoms with E-state index in [1.165, 1.54) is 7.11 Å². The van der Waals surface area contributed by atoms with Crippen molar-refractivity contribution in [3.63, 3.8) is 0 Å². The summed E-state index contributed by atoms with van der Waals surface area (Å²) in [5.74, 6) is 0.230. The molecule has 0 saturated heterocycles. The highest BCUT2D eigenvalue weighted by molar-refractivity contribution is 5.87. The summed E-state index contributed by atoms with van der Waals surface area (Å²) in [5, 5.41) is 3.16. The zero-order valence-electron chi connectivity index (χ0n) is 11.8. The molecule has 0 radical (unpaired) electrons. The van der Waals surface area contributed by atoms with E-state index in [9.17, 15) is 4.79 Å². The van der Waals surface area contributed by atoms with Crippen molar-refractivity contribution in [2.75, 3.05) is 19.0 Å². The first-order valence-electron chi connectivity index (χ1n) is 6.15. The summed E-state index contributed by atoms with van der Waals surface area (Å²) in [5.41, 5.74) is 1.36. The van der Waals surface area contributed by atoms with Crippen molar-refractivity contribution >= 4 is 11.7 Å². The Morgan fingerprint density at radius 1 is 1.53 bits per heavy atom. The normalized spacial score (nSPS) is 11.3. The van der Waals surface area contributed by atoms with E-state index in [4.69, 9.17) is 4.74 Å². The van der Waals surface area contributed by atoms with Gasteiger partial charge in [-0.25, -0.2) is 9.78 Å². The van der Waals surface area contributed by atoms with E-state index in [-0.39, 0.29) is 12.1 Å². The summed E-state index contributed by atoms with van der Waals surface area (Å²) < 4.78 is 10.2. The molecule has 0 spiro atoms. The lowest BCUT2D eigenvalue weighted by Gasteiger charge is -2.13. The first-order chi connectivity index (χ1) is 9.04. The molecular weight excluding hydrogens is 244 g/mol. The summed E-state index contributed by atoms with van der Waals surface area (Å²) in [6, 6.07) is 3.71. The highest BCUT2D eigenvalue weighted by Gasteiger charge is 2.06. The number of carbonyl (C=O) groups is 1. The molecule has 5 nitrogen and oxygen atoms in total. The molecule has 19 heavy (non-hydrogen) atoms. The SMILES string of the molecule is COC(=O)/C(C)=C/CNc1cccnc1OC(C)C. The second kappa shape index (κ2) is 7.41. The van der Waals surface area contributed by atoms with Gasteiger partial charge in [-0.05, 0) is 32.9 Å². The van der Waals surface area contributed by atoms with E-state index in [0.29, 0.717) is 18.0 Å². The second-order valence-electron chi connectivity index (χ2n) is 4.28. The fraction of sp³-hybridized carbons (Fsp3) is 0.429. The molecule has 5 heteroatoms. The van der Waals surface area contributed by atoms with Gasteiger partial charge in [0.15, 0.2) is 0 Å². The summed E-state index contributed by atoms with van der Waals surface area (Å²) >= 11 is 0. The van der Waals surface area contributed by atoms with E-state index >= 15 is 0 Å². The van der Waals surface area contributed by atoms with Crippen LogP contribution in [0.3, 0.4) is 0 Å². The van der Waals surface area contributed by atoms with E-state index in [1.54, 1.807) is 19.2 Å². The fourth-order valence-electron chi connectivity index (χ4n) is 1.40. The van der Waals surface area contributed by atoms with Crippen LogP contribution in [-0.4, -0.2) is 30.7 Å². The van der Waals surface area contributed by atoms with Crippen molar-refractivity contribution in [3.05, 3.63) is 30.0 Å². The Morgan fingerprint density at radius 2 is 2.26 bits per heavy atom. The Hall–Kier alpha value is -2.04. The summed E-state index contributed by atoms with van der Waals surface area (Å²) in [6.07, 6.45) is 3.50. The third-order valence-corrected chi connectivity index (χ3v) is 2.33. The van der Waals surface area contributed by atoms with Gasteiger partial charge in [-0.15, -0.1) is 0 Å². The molecular formula is C14H20N2O3. The molecule has 1 aromatic rings. The van der Waals surface area contributed by atoms with Crippen molar-refractivity contribution in [1.29, 1.82) is 0 Å². The fourth-order valence-corrected chi connectivity index (χ4v) is 1.40. The molecule has 1 heterocycles. The number of anilines is 1. The van der Waals surface area contributed by atoms with Gasteiger partial charge in [-0.1, -0.05) is 6.08 Å². The number of carbonyl (C=O) groups excluding carboxylic acids is 1. The van der Waals surface area contributed by atoms with E-state index < -0.39 is 0 Å². The van der Waals surface area contributed by atoms with Gasteiger partial charge in [0.05, 0.1) is 18.9 Å². The lowest BCUT2D eigenvalue weighted by molar-refractivity contribution is -0.136. The van der Waals surface area contributed by atoms with Crippen molar-refractivity contribution in [1.82, 2.24) is 4.98 Å². The van der Waals surface area contributed by atoms with Crippen molar-refractivity contribution < 1.29 is 14.3 Å². The van der Waals surface area contributed by atoms with Gasteiger partial charge in [0.25, 0.3) is 0 Å². The van der Waals surface area contributed by atoms with Gasteiger partial charge in [0.1, 0.15) is 0 Å². The molecule has 0 bridgehead atoms. The third-order valence-electron chi connectivity index (χ3n) is 2.33. The van der Waals surface area contributed by atoms with Gasteiger partial charge < -0.3 is 14.8 Å². The van der Waals surface area contributed by atoms with Crippen LogP contribution in [0.25, 0.3) is 0 Å². The molecule has 1 aromatic heterocycles. The van der Waals surface area contributed by atoms with Crippen LogP contribution in [0.5, 0.6) is 5.88 Å². The van der Waals surface area contributed by atoms with Gasteiger partial charge in [0, 0.05) is 18.3 Å². The minimum absolute atomic E-state index is 0.0581. The summed E-state index contributed by atoms with van der Waals surface area (Å²) in [7, 11) is 1.36. The topological polar surface area (TPSA) is 60.5 Å². The predicted molar refractivity (Wildman–Crippen MR) is 74.3 cm³/mol. The third kappa shape index (κ3) is 4.99. The van der Waals surface area contributed by atoms with Gasteiger partial charge in [-0.3, -0.25) is 0 Å². The minimum atomic E-state index is -0.327. The molecule has 0 saturated carbocycles. The molecule has 0 aliphatic heterocycles. The number of hydrogen-bond donors (Lipinski definition) is 1. The van der Waals surface area contributed by atoms with Crippen LogP contribution in [0.2, 0.25) is 0 Å².